The zero-order chi connectivity index (χ0) is 38.2. The summed E-state index contributed by atoms with van der Waals surface area (Å²) in [4.78, 5) is 2.71. The van der Waals surface area contributed by atoms with Gasteiger partial charge in [0.1, 0.15) is 0 Å². The van der Waals surface area contributed by atoms with Crippen LogP contribution >= 0.6 is 11.8 Å². The van der Waals surface area contributed by atoms with Crippen molar-refractivity contribution in [2.75, 3.05) is 0 Å². The Labute approximate surface area is 342 Å². The van der Waals surface area contributed by atoms with Gasteiger partial charge in [0.25, 0.3) is 0 Å². The van der Waals surface area contributed by atoms with Crippen LogP contribution in [0.1, 0.15) is 0 Å². The first-order valence-electron chi connectivity index (χ1n) is 19.9. The van der Waals surface area contributed by atoms with E-state index >= 15 is 0 Å². The van der Waals surface area contributed by atoms with Gasteiger partial charge in [-0.25, -0.2) is 0 Å². The Hall–Kier alpha value is -6.85. The first-order valence-corrected chi connectivity index (χ1v) is 22.8. The van der Waals surface area contributed by atoms with Crippen LogP contribution in [0.3, 0.4) is 0 Å². The Morgan fingerprint density at radius 1 is 0.345 bits per heavy atom. The Kier molecular flexibility index (Phi) is 7.52. The van der Waals surface area contributed by atoms with E-state index in [2.05, 4.69) is 228 Å². The maximum atomic E-state index is 2.54. The lowest BCUT2D eigenvalue weighted by molar-refractivity contribution is 1.16. The predicted octanol–water partition coefficient (Wildman–Crippen LogP) is 11.4. The minimum Gasteiger partial charge on any atom is -0.309 e. The molecule has 0 atom stereocenters. The fraction of sp³-hybridized carbons (Fsp3) is 0. The summed E-state index contributed by atoms with van der Waals surface area (Å²) in [5, 5.41) is 10.7. The van der Waals surface area contributed by atoms with Gasteiger partial charge in [0.2, 0.25) is 0 Å². The highest BCUT2D eigenvalue weighted by atomic mass is 32.2. The van der Waals surface area contributed by atoms with Gasteiger partial charge in [-0.15, -0.1) is 0 Å². The first kappa shape index (κ1) is 33.3. The van der Waals surface area contributed by atoms with Crippen molar-refractivity contribution in [3.8, 4) is 22.5 Å². The van der Waals surface area contributed by atoms with Crippen LogP contribution in [-0.4, -0.2) is 17.2 Å². The Morgan fingerprint density at radius 2 is 0.862 bits per heavy atom. The molecule has 0 unspecified atom stereocenters. The van der Waals surface area contributed by atoms with Gasteiger partial charge in [0.15, 0.2) is 8.07 Å². The topological polar surface area (TPSA) is 9.86 Å². The summed E-state index contributed by atoms with van der Waals surface area (Å²) >= 11 is 1.91. The second-order valence-corrected chi connectivity index (χ2v) is 20.0. The van der Waals surface area contributed by atoms with Crippen molar-refractivity contribution in [1.29, 1.82) is 0 Å². The number of aromatic nitrogens is 2. The number of hydrogen-bond acceptors (Lipinski definition) is 1. The maximum Gasteiger partial charge on any atom is 0.181 e. The van der Waals surface area contributed by atoms with Crippen LogP contribution in [0.4, 0.5) is 0 Å². The van der Waals surface area contributed by atoms with Gasteiger partial charge < -0.3 is 9.13 Å². The van der Waals surface area contributed by atoms with E-state index in [0.717, 1.165) is 5.69 Å². The van der Waals surface area contributed by atoms with E-state index in [1.807, 2.05) is 11.8 Å². The highest BCUT2D eigenvalue weighted by molar-refractivity contribution is 8.00. The lowest BCUT2D eigenvalue weighted by Crippen LogP contribution is -2.76. The van der Waals surface area contributed by atoms with Gasteiger partial charge in [-0.2, -0.15) is 0 Å². The number of fused-ring (bicyclic) bond motifs is 8. The molecule has 0 bridgehead atoms. The molecule has 0 fully saturated rings. The molecule has 0 aliphatic carbocycles. The minimum absolute atomic E-state index is 1.15. The molecule has 2 aromatic heterocycles. The molecule has 9 aromatic carbocycles. The molecule has 0 saturated carbocycles. The molecular formula is C54H36N2SSi. The normalized spacial score (nSPS) is 13.2. The summed E-state index contributed by atoms with van der Waals surface area (Å²) in [6.07, 6.45) is 0. The van der Waals surface area contributed by atoms with Crippen LogP contribution in [0.5, 0.6) is 0 Å². The molecule has 0 amide bonds. The van der Waals surface area contributed by atoms with Crippen molar-refractivity contribution in [2.24, 2.45) is 0 Å². The second kappa shape index (κ2) is 13.1. The summed E-state index contributed by atoms with van der Waals surface area (Å²) in [6.45, 7) is 0. The lowest BCUT2D eigenvalue weighted by Gasteiger charge is -2.39. The molecule has 0 N–H and O–H groups in total. The molecule has 3 heterocycles. The van der Waals surface area contributed by atoms with E-state index in [0.29, 0.717) is 0 Å². The van der Waals surface area contributed by atoms with E-state index in [1.165, 1.54) is 91.0 Å². The number of benzene rings is 9. The van der Waals surface area contributed by atoms with Crippen LogP contribution in [0.2, 0.25) is 0 Å². The SMILES string of the molecule is c1ccc(-c2ccccc2-n2c3ccccc3c3ccc(-n4c5ccccc5c5ccc([Si]6(c7ccccc7)c7ccccc7Sc7ccccc76)cc54)cc32)cc1. The predicted molar refractivity (Wildman–Crippen MR) is 248 cm³/mol. The Balaban J connectivity index is 1.16. The van der Waals surface area contributed by atoms with Crippen LogP contribution in [0.25, 0.3) is 66.1 Å². The molecule has 272 valence electrons. The maximum absolute atomic E-state index is 2.76. The molecule has 0 spiro atoms. The molecule has 0 radical (unpaired) electrons. The van der Waals surface area contributed by atoms with Crippen molar-refractivity contribution in [2.45, 2.75) is 9.79 Å². The molecule has 58 heavy (non-hydrogen) atoms. The van der Waals surface area contributed by atoms with E-state index in [1.54, 1.807) is 0 Å². The largest absolute Gasteiger partial charge is 0.309 e. The average Bonchev–Trinajstić information content (AvgIpc) is 3.81. The van der Waals surface area contributed by atoms with Gasteiger partial charge in [0.05, 0.1) is 27.8 Å². The summed E-state index contributed by atoms with van der Waals surface area (Å²) < 4.78 is 4.99. The van der Waals surface area contributed by atoms with E-state index in [9.17, 15) is 0 Å². The van der Waals surface area contributed by atoms with Gasteiger partial charge in [-0.05, 0) is 74.8 Å². The number of para-hydroxylation sites is 3. The van der Waals surface area contributed by atoms with E-state index in [4.69, 9.17) is 0 Å². The van der Waals surface area contributed by atoms with Crippen molar-refractivity contribution in [1.82, 2.24) is 9.13 Å². The van der Waals surface area contributed by atoms with Crippen molar-refractivity contribution in [3.05, 3.63) is 218 Å². The molecular weight excluding hydrogens is 737 g/mol. The third-order valence-electron chi connectivity index (χ3n) is 12.3. The zero-order valence-electron chi connectivity index (χ0n) is 31.6. The number of hydrogen-bond donors (Lipinski definition) is 0. The fourth-order valence-electron chi connectivity index (χ4n) is 9.84. The monoisotopic (exact) mass is 772 g/mol. The van der Waals surface area contributed by atoms with Crippen molar-refractivity contribution < 1.29 is 0 Å². The highest BCUT2D eigenvalue weighted by Crippen LogP contribution is 2.40. The molecule has 11 aromatic rings. The second-order valence-electron chi connectivity index (χ2n) is 15.2. The van der Waals surface area contributed by atoms with E-state index in [-0.39, 0.29) is 0 Å². The summed E-state index contributed by atoms with van der Waals surface area (Å²) in [5.41, 5.74) is 9.55. The average molecular weight is 773 g/mol. The van der Waals surface area contributed by atoms with Crippen molar-refractivity contribution >= 4 is 84.2 Å². The zero-order valence-corrected chi connectivity index (χ0v) is 33.4. The lowest BCUT2D eigenvalue weighted by atomic mass is 10.0. The molecule has 4 heteroatoms. The van der Waals surface area contributed by atoms with Crippen molar-refractivity contribution in [3.63, 3.8) is 0 Å². The first-order chi connectivity index (χ1) is 28.8. The molecule has 12 rings (SSSR count). The van der Waals surface area contributed by atoms with Gasteiger partial charge >= 0.3 is 0 Å². The Morgan fingerprint density at radius 3 is 1.57 bits per heavy atom. The van der Waals surface area contributed by atoms with Gasteiger partial charge in [0, 0.05) is 42.6 Å². The quantitative estimate of drug-likeness (QED) is 0.158. The number of rotatable bonds is 5. The van der Waals surface area contributed by atoms with Crippen LogP contribution in [-0.2, 0) is 0 Å². The fourth-order valence-corrected chi connectivity index (χ4v) is 16.8. The smallest absolute Gasteiger partial charge is 0.181 e. The molecule has 0 saturated heterocycles. The third kappa shape index (κ3) is 4.79. The molecule has 2 nitrogen and oxygen atoms in total. The van der Waals surface area contributed by atoms with Crippen LogP contribution in [0.15, 0.2) is 228 Å². The minimum atomic E-state index is -2.76. The molecule has 1 aliphatic heterocycles. The third-order valence-corrected chi connectivity index (χ3v) is 18.6. The Bertz CT molecular complexity index is 3330. The summed E-state index contributed by atoms with van der Waals surface area (Å²) in [5.74, 6) is 0. The van der Waals surface area contributed by atoms with Crippen LogP contribution < -0.4 is 20.7 Å². The number of nitrogens with zero attached hydrogens (tertiary/aromatic N) is 2. The van der Waals surface area contributed by atoms with Gasteiger partial charge in [-0.1, -0.05) is 182 Å². The standard InChI is InChI=1S/C54H36N2SSi/c1-3-17-37(18-4-1)41-21-7-10-24-46(41)56-48-26-12-9-23-43(48)44-33-31-38(35-49(44)56)55-47-25-11-8-22-42(47)45-34-32-40(36-50(45)55)58(39-19-5-2-6-20-39)53-29-15-13-27-51(53)57-52-28-14-16-30-54(52)58/h1-36H. The summed E-state index contributed by atoms with van der Waals surface area (Å²) in [7, 11) is -2.76. The molecule has 1 aliphatic rings. The summed E-state index contributed by atoms with van der Waals surface area (Å²) in [6, 6.07) is 81.4. The van der Waals surface area contributed by atoms with Gasteiger partial charge in [-0.3, -0.25) is 0 Å². The highest BCUT2D eigenvalue weighted by Gasteiger charge is 2.47. The van der Waals surface area contributed by atoms with Crippen LogP contribution in [0, 0.1) is 0 Å². The van der Waals surface area contributed by atoms with E-state index < -0.39 is 8.07 Å².